The summed E-state index contributed by atoms with van der Waals surface area (Å²) in [5.41, 5.74) is 0. The van der Waals surface area contributed by atoms with E-state index in [0.29, 0.717) is 0 Å². The van der Waals surface area contributed by atoms with Gasteiger partial charge in [0.2, 0.25) is 0 Å². The Morgan fingerprint density at radius 2 is 0.367 bits per heavy atom. The van der Waals surface area contributed by atoms with Crippen LogP contribution in [-0.2, 0) is 0 Å². The van der Waals surface area contributed by atoms with Crippen LogP contribution in [0, 0.1) is 0 Å². The zero-order valence-electron chi connectivity index (χ0n) is 32.9. The molecular formula is C41H84Br4N4. The Morgan fingerprint density at radius 1 is 0.224 bits per heavy atom. The number of halogens is 4. The van der Waals surface area contributed by atoms with E-state index in [1.165, 1.54) is 270 Å². The highest BCUT2D eigenvalue weighted by Crippen LogP contribution is 2.30. The molecule has 0 aliphatic carbocycles. The minimum absolute atomic E-state index is 0. The minimum atomic E-state index is 0. The quantitative estimate of drug-likeness (QED) is 0.0595. The van der Waals surface area contributed by atoms with Gasteiger partial charge < -0.3 is 85.9 Å². The molecule has 6 fully saturated rings. The molecular weight excluding hydrogens is 868 g/mol. The van der Waals surface area contributed by atoms with Crippen LogP contribution in [0.4, 0.5) is 0 Å². The third-order valence-corrected chi connectivity index (χ3v) is 14.0. The fourth-order valence-electron chi connectivity index (χ4n) is 10.2. The molecule has 0 radical (unpaired) electrons. The Morgan fingerprint density at radius 3 is 0.551 bits per heavy atom. The molecule has 0 spiro atoms. The molecule has 4 nitrogen and oxygen atoms in total. The third-order valence-electron chi connectivity index (χ3n) is 14.0. The van der Waals surface area contributed by atoms with E-state index < -0.39 is 0 Å². The zero-order valence-corrected chi connectivity index (χ0v) is 39.2. The Kier molecular flexibility index (Phi) is 29.2. The van der Waals surface area contributed by atoms with Gasteiger partial charge in [0, 0.05) is 0 Å². The fourth-order valence-corrected chi connectivity index (χ4v) is 10.2. The monoisotopic (exact) mass is 948 g/mol. The molecule has 6 saturated heterocycles. The lowest BCUT2D eigenvalue weighted by molar-refractivity contribution is -1.08. The van der Waals surface area contributed by atoms with Gasteiger partial charge in [-0.25, -0.2) is 0 Å². The van der Waals surface area contributed by atoms with E-state index in [1.54, 1.807) is 0 Å². The van der Waals surface area contributed by atoms with Crippen molar-refractivity contribution in [3.63, 3.8) is 0 Å². The lowest BCUT2D eigenvalue weighted by Crippen LogP contribution is -3.00. The first kappa shape index (κ1) is 50.8. The summed E-state index contributed by atoms with van der Waals surface area (Å²) < 4.78 is 5.99. The van der Waals surface area contributed by atoms with Crippen molar-refractivity contribution in [2.45, 2.75) is 162 Å². The highest BCUT2D eigenvalue weighted by molar-refractivity contribution is 4.65. The van der Waals surface area contributed by atoms with Gasteiger partial charge in [-0.05, 0) is 44.9 Å². The number of quaternary nitrogens is 4. The lowest BCUT2D eigenvalue weighted by Gasteiger charge is -2.56. The third kappa shape index (κ3) is 17.8. The summed E-state index contributed by atoms with van der Waals surface area (Å²) in [6.07, 6.45) is 33.9. The molecule has 0 saturated carbocycles. The second kappa shape index (κ2) is 28.2. The number of nitrogens with zero attached hydrogens (tertiary/aromatic N) is 4. The average molecular weight is 953 g/mol. The topological polar surface area (TPSA) is 0 Å². The molecule has 6 rings (SSSR count). The molecule has 0 N–H and O–H groups in total. The maximum atomic E-state index is 2.32. The molecule has 0 aromatic carbocycles. The van der Waals surface area contributed by atoms with Crippen LogP contribution in [0.3, 0.4) is 0 Å². The number of unbranched alkanes of at least 4 members (excludes halogenated alkanes) is 20. The molecule has 6 heterocycles. The van der Waals surface area contributed by atoms with Crippen LogP contribution in [0.15, 0.2) is 0 Å². The van der Waals surface area contributed by atoms with Gasteiger partial charge in [-0.1, -0.05) is 117 Å². The summed E-state index contributed by atoms with van der Waals surface area (Å²) in [5.74, 6) is 0. The van der Waals surface area contributed by atoms with Crippen LogP contribution in [0.5, 0.6) is 0 Å². The second-order valence-corrected chi connectivity index (χ2v) is 17.4. The van der Waals surface area contributed by atoms with Crippen molar-refractivity contribution >= 4 is 0 Å². The van der Waals surface area contributed by atoms with Gasteiger partial charge in [0.1, 0.15) is 78.5 Å². The van der Waals surface area contributed by atoms with Crippen molar-refractivity contribution in [1.82, 2.24) is 0 Å². The first-order chi connectivity index (χ1) is 22.1. The largest absolute Gasteiger partial charge is 1.00 e. The molecule has 0 unspecified atom stereocenters. The summed E-state index contributed by atoms with van der Waals surface area (Å²) in [6.45, 7) is 28.6. The maximum Gasteiger partial charge on any atom is 0.129 e. The Labute approximate surface area is 349 Å². The van der Waals surface area contributed by atoms with Crippen molar-refractivity contribution in [3.05, 3.63) is 0 Å². The van der Waals surface area contributed by atoms with E-state index in [1.807, 2.05) is 0 Å². The molecule has 6 aliphatic heterocycles. The van der Waals surface area contributed by atoms with Gasteiger partial charge in [0.15, 0.2) is 0 Å². The van der Waals surface area contributed by atoms with E-state index in [4.69, 9.17) is 0 Å². The SMILES string of the molecule is CCCCCCCCCCCC[N+]12CC[N+](CCCCC[N+]34CC[N+](CCCCCCCCCCCC)(CC3)CC4)(CC1)CC2.[Br-].[Br-].[Br-].[Br-]. The van der Waals surface area contributed by atoms with Crippen LogP contribution in [0.2, 0.25) is 0 Å². The minimum Gasteiger partial charge on any atom is -1.00 e. The first-order valence-corrected chi connectivity index (χ1v) is 21.5. The van der Waals surface area contributed by atoms with E-state index >= 15 is 0 Å². The Bertz CT molecular complexity index is 674. The van der Waals surface area contributed by atoms with Crippen molar-refractivity contribution in [1.29, 1.82) is 0 Å². The fraction of sp³-hybridized carbons (Fsp3) is 1.00. The molecule has 0 amide bonds. The highest BCUT2D eigenvalue weighted by Gasteiger charge is 2.49. The van der Waals surface area contributed by atoms with Gasteiger partial charge in [0.05, 0.1) is 26.2 Å². The van der Waals surface area contributed by atoms with Crippen LogP contribution >= 0.6 is 0 Å². The molecule has 0 atom stereocenters. The molecule has 296 valence electrons. The van der Waals surface area contributed by atoms with Gasteiger partial charge in [-0.2, -0.15) is 0 Å². The molecule has 8 heteroatoms. The van der Waals surface area contributed by atoms with Gasteiger partial charge in [0.25, 0.3) is 0 Å². The van der Waals surface area contributed by atoms with Gasteiger partial charge >= 0.3 is 0 Å². The van der Waals surface area contributed by atoms with Crippen LogP contribution in [-0.4, -0.2) is 123 Å². The number of fused-ring (bicyclic) bond motifs is 6. The average Bonchev–Trinajstić information content (AvgIpc) is 3.08. The molecule has 6 aliphatic rings. The first-order valence-electron chi connectivity index (χ1n) is 21.5. The number of hydrogen-bond acceptors (Lipinski definition) is 0. The van der Waals surface area contributed by atoms with Gasteiger partial charge in [-0.15, -0.1) is 0 Å². The summed E-state index contributed by atoms with van der Waals surface area (Å²) in [5, 5.41) is 0. The van der Waals surface area contributed by atoms with E-state index in [0.717, 1.165) is 0 Å². The van der Waals surface area contributed by atoms with E-state index in [-0.39, 0.29) is 67.9 Å². The van der Waals surface area contributed by atoms with Crippen LogP contribution in [0.1, 0.15) is 162 Å². The smallest absolute Gasteiger partial charge is 0.129 e. The van der Waals surface area contributed by atoms with Crippen molar-refractivity contribution in [2.75, 3.05) is 105 Å². The van der Waals surface area contributed by atoms with Crippen LogP contribution < -0.4 is 67.9 Å². The van der Waals surface area contributed by atoms with Crippen LogP contribution in [0.25, 0.3) is 0 Å². The summed E-state index contributed by atoms with van der Waals surface area (Å²) >= 11 is 0. The maximum absolute atomic E-state index is 2.32. The Hall–Kier alpha value is 1.76. The van der Waals surface area contributed by atoms with E-state index in [9.17, 15) is 0 Å². The highest BCUT2D eigenvalue weighted by atomic mass is 79.9. The summed E-state index contributed by atoms with van der Waals surface area (Å²) in [6, 6.07) is 0. The molecule has 4 bridgehead atoms. The molecule has 0 aromatic heterocycles. The normalized spacial score (nSPS) is 28.3. The predicted octanol–water partition coefficient (Wildman–Crippen LogP) is -2.66. The summed E-state index contributed by atoms with van der Waals surface area (Å²) in [4.78, 5) is 0. The Balaban J connectivity index is 0.00000576. The van der Waals surface area contributed by atoms with Crippen molar-refractivity contribution in [2.24, 2.45) is 0 Å². The molecule has 49 heavy (non-hydrogen) atoms. The van der Waals surface area contributed by atoms with Crippen molar-refractivity contribution in [3.8, 4) is 0 Å². The second-order valence-electron chi connectivity index (χ2n) is 17.4. The lowest BCUT2D eigenvalue weighted by atomic mass is 10.0. The van der Waals surface area contributed by atoms with Crippen molar-refractivity contribution < 1.29 is 85.9 Å². The zero-order chi connectivity index (χ0) is 31.6. The molecule has 0 aromatic rings. The standard InChI is InChI=1S/C41H84N4.4BrH/c1-3-5-7-9-11-13-15-17-19-22-26-42-30-36-44(37-31-42,38-32-42)28-24-21-25-29-45-39-33-43(34-40-45,35-41-45)27-23-20-18-16-14-12-10-8-6-4-2;;;;/h3-41H2,1-2H3;4*1H/q+4;;;;/p-4. The number of hydrogen-bond donors (Lipinski definition) is 0. The van der Waals surface area contributed by atoms with E-state index in [2.05, 4.69) is 13.8 Å². The van der Waals surface area contributed by atoms with Gasteiger partial charge in [-0.3, -0.25) is 0 Å². The number of piperazine rings is 6. The number of rotatable bonds is 28. The summed E-state index contributed by atoms with van der Waals surface area (Å²) in [7, 11) is 0. The predicted molar refractivity (Wildman–Crippen MR) is 196 cm³/mol.